The van der Waals surface area contributed by atoms with Crippen molar-refractivity contribution in [2.24, 2.45) is 0 Å². The van der Waals surface area contributed by atoms with Gasteiger partial charge in [0, 0.05) is 12.1 Å². The minimum atomic E-state index is -0.790. The molecule has 1 atom stereocenters. The van der Waals surface area contributed by atoms with Crippen molar-refractivity contribution in [3.63, 3.8) is 0 Å². The summed E-state index contributed by atoms with van der Waals surface area (Å²) in [6.45, 7) is 3.47. The lowest BCUT2D eigenvalue weighted by atomic mass is 9.99. The van der Waals surface area contributed by atoms with E-state index in [9.17, 15) is 14.7 Å². The third-order valence-corrected chi connectivity index (χ3v) is 4.21. The monoisotopic (exact) mass is 341 g/mol. The number of aliphatic hydroxyl groups is 1. The van der Waals surface area contributed by atoms with E-state index >= 15 is 0 Å². The molecule has 0 spiro atoms. The zero-order valence-electron chi connectivity index (χ0n) is 14.3. The van der Waals surface area contributed by atoms with Crippen molar-refractivity contribution in [1.82, 2.24) is 0 Å². The lowest BCUT2D eigenvalue weighted by molar-refractivity contribution is -0.118. The van der Waals surface area contributed by atoms with Gasteiger partial charge in [-0.25, -0.2) is 0 Å². The third kappa shape index (κ3) is 2.80. The topological polar surface area (TPSA) is 80.0 Å². The van der Waals surface area contributed by atoms with E-state index in [-0.39, 0.29) is 17.8 Å². The third-order valence-electron chi connectivity index (χ3n) is 4.21. The van der Waals surface area contributed by atoms with Gasteiger partial charge in [0.2, 0.25) is 0 Å². The summed E-state index contributed by atoms with van der Waals surface area (Å²) in [6, 6.07) is 9.51. The summed E-state index contributed by atoms with van der Waals surface area (Å²) in [7, 11) is 1.55. The van der Waals surface area contributed by atoms with Crippen LogP contribution in [0.3, 0.4) is 0 Å². The molecule has 1 aromatic heterocycles. The first-order valence-corrected chi connectivity index (χ1v) is 7.98. The number of anilines is 1. The summed E-state index contributed by atoms with van der Waals surface area (Å²) in [4.78, 5) is 26.4. The van der Waals surface area contributed by atoms with Gasteiger partial charge in [-0.15, -0.1) is 0 Å². The molecule has 0 saturated carbocycles. The molecule has 1 aromatic carbocycles. The predicted octanol–water partition coefficient (Wildman–Crippen LogP) is 3.48. The van der Waals surface area contributed by atoms with Gasteiger partial charge < -0.3 is 14.3 Å². The van der Waals surface area contributed by atoms with Gasteiger partial charge >= 0.3 is 0 Å². The quantitative estimate of drug-likeness (QED) is 0.900. The fourth-order valence-electron chi connectivity index (χ4n) is 2.96. The minimum absolute atomic E-state index is 0.0673. The van der Waals surface area contributed by atoms with E-state index in [1.807, 2.05) is 0 Å². The Morgan fingerprint density at radius 2 is 1.92 bits per heavy atom. The van der Waals surface area contributed by atoms with Crippen molar-refractivity contribution in [2.75, 3.05) is 12.0 Å². The van der Waals surface area contributed by atoms with Crippen molar-refractivity contribution in [1.29, 1.82) is 0 Å². The van der Waals surface area contributed by atoms with Gasteiger partial charge in [-0.3, -0.25) is 14.5 Å². The molecule has 2 heterocycles. The molecule has 6 nitrogen and oxygen atoms in total. The number of ketones is 1. The van der Waals surface area contributed by atoms with Crippen molar-refractivity contribution >= 4 is 17.4 Å². The standard InChI is InChI=1S/C19H19NO5/c1-4-14(21)16-17(15-10-5-11(2)25-15)20(19(23)18(16)22)12-6-8-13(24-3)9-7-12/h5-10,17,22H,4H2,1-3H3. The van der Waals surface area contributed by atoms with Crippen LogP contribution in [-0.2, 0) is 9.59 Å². The second-order valence-electron chi connectivity index (χ2n) is 5.76. The lowest BCUT2D eigenvalue weighted by Gasteiger charge is -2.25. The fourth-order valence-corrected chi connectivity index (χ4v) is 2.96. The summed E-state index contributed by atoms with van der Waals surface area (Å²) in [5.74, 6) is 0.292. The molecule has 25 heavy (non-hydrogen) atoms. The Bertz CT molecular complexity index is 847. The number of hydrogen-bond acceptors (Lipinski definition) is 5. The summed E-state index contributed by atoms with van der Waals surface area (Å²) < 4.78 is 10.8. The highest BCUT2D eigenvalue weighted by Gasteiger charge is 2.45. The largest absolute Gasteiger partial charge is 0.503 e. The second kappa shape index (κ2) is 6.47. The van der Waals surface area contributed by atoms with Crippen molar-refractivity contribution < 1.29 is 23.8 Å². The number of furan rings is 1. The summed E-state index contributed by atoms with van der Waals surface area (Å²) in [5, 5.41) is 10.3. The van der Waals surface area contributed by atoms with Crippen molar-refractivity contribution in [2.45, 2.75) is 26.3 Å². The van der Waals surface area contributed by atoms with Gasteiger partial charge in [-0.2, -0.15) is 0 Å². The molecule has 1 N–H and O–H groups in total. The maximum absolute atomic E-state index is 12.7. The minimum Gasteiger partial charge on any atom is -0.503 e. The zero-order valence-corrected chi connectivity index (χ0v) is 14.3. The highest BCUT2D eigenvalue weighted by atomic mass is 16.5. The fraction of sp³-hybridized carbons (Fsp3) is 0.263. The van der Waals surface area contributed by atoms with Crippen LogP contribution in [-0.4, -0.2) is 23.9 Å². The average molecular weight is 341 g/mol. The Kier molecular flexibility index (Phi) is 4.35. The van der Waals surface area contributed by atoms with Crippen molar-refractivity contribution in [3.8, 4) is 5.75 Å². The number of carbonyl (C=O) groups excluding carboxylic acids is 2. The normalized spacial score (nSPS) is 17.3. The number of nitrogens with zero attached hydrogens (tertiary/aromatic N) is 1. The van der Waals surface area contributed by atoms with Gasteiger partial charge in [-0.05, 0) is 43.3 Å². The van der Waals surface area contributed by atoms with Gasteiger partial charge in [0.1, 0.15) is 23.3 Å². The second-order valence-corrected chi connectivity index (χ2v) is 5.76. The lowest BCUT2D eigenvalue weighted by Crippen LogP contribution is -2.30. The number of Topliss-reactive ketones (excluding diaryl/α,β-unsaturated/α-hetero) is 1. The Morgan fingerprint density at radius 3 is 2.44 bits per heavy atom. The van der Waals surface area contributed by atoms with Gasteiger partial charge in [0.05, 0.1) is 12.7 Å². The summed E-state index contributed by atoms with van der Waals surface area (Å²) in [6.07, 6.45) is 0.180. The first-order chi connectivity index (χ1) is 12.0. The van der Waals surface area contributed by atoms with Crippen LogP contribution < -0.4 is 9.64 Å². The average Bonchev–Trinajstić information content (AvgIpc) is 3.16. The molecule has 1 unspecified atom stereocenters. The molecule has 0 bridgehead atoms. The van der Waals surface area contributed by atoms with E-state index in [0.717, 1.165) is 0 Å². The Hall–Kier alpha value is -3.02. The molecule has 1 aliphatic heterocycles. The van der Waals surface area contributed by atoms with E-state index in [4.69, 9.17) is 9.15 Å². The maximum Gasteiger partial charge on any atom is 0.294 e. The molecule has 0 saturated heterocycles. The van der Waals surface area contributed by atoms with E-state index in [0.29, 0.717) is 23.0 Å². The highest BCUT2D eigenvalue weighted by Crippen LogP contribution is 2.42. The van der Waals surface area contributed by atoms with Crippen LogP contribution in [0.4, 0.5) is 5.69 Å². The molecular weight excluding hydrogens is 322 g/mol. The molecule has 0 radical (unpaired) electrons. The van der Waals surface area contributed by atoms with E-state index in [1.54, 1.807) is 57.4 Å². The number of ether oxygens (including phenoxy) is 1. The molecule has 6 heteroatoms. The first-order valence-electron chi connectivity index (χ1n) is 7.98. The van der Waals surface area contributed by atoms with Crippen LogP contribution in [0.5, 0.6) is 5.75 Å². The number of hydrogen-bond donors (Lipinski definition) is 1. The first kappa shape index (κ1) is 16.8. The van der Waals surface area contributed by atoms with Crippen LogP contribution in [0.1, 0.15) is 30.9 Å². The number of aliphatic hydroxyl groups excluding tert-OH is 1. The molecular formula is C19H19NO5. The van der Waals surface area contributed by atoms with Crippen LogP contribution in [0.2, 0.25) is 0 Å². The van der Waals surface area contributed by atoms with Gasteiger partial charge in [0.25, 0.3) is 5.91 Å². The molecule has 130 valence electrons. The molecule has 3 rings (SSSR count). The summed E-state index contributed by atoms with van der Waals surface area (Å²) >= 11 is 0. The van der Waals surface area contributed by atoms with E-state index in [1.165, 1.54) is 4.90 Å². The number of aryl methyl sites for hydroxylation is 1. The van der Waals surface area contributed by atoms with Crippen LogP contribution in [0.15, 0.2) is 52.1 Å². The molecule has 2 aromatic rings. The van der Waals surface area contributed by atoms with E-state index in [2.05, 4.69) is 0 Å². The number of amides is 1. The summed E-state index contributed by atoms with van der Waals surface area (Å²) in [5.41, 5.74) is 0.605. The van der Waals surface area contributed by atoms with Crippen LogP contribution in [0.25, 0.3) is 0 Å². The van der Waals surface area contributed by atoms with Gasteiger partial charge in [-0.1, -0.05) is 6.92 Å². The van der Waals surface area contributed by atoms with Gasteiger partial charge in [0.15, 0.2) is 11.5 Å². The van der Waals surface area contributed by atoms with E-state index < -0.39 is 17.7 Å². The van der Waals surface area contributed by atoms with Crippen LogP contribution >= 0.6 is 0 Å². The Morgan fingerprint density at radius 1 is 1.24 bits per heavy atom. The molecule has 1 aliphatic rings. The number of rotatable bonds is 5. The number of methoxy groups -OCH3 is 1. The SMILES string of the molecule is CCC(=O)C1=C(O)C(=O)N(c2ccc(OC)cc2)C1c1ccc(C)o1. The Labute approximate surface area is 145 Å². The Balaban J connectivity index is 2.12. The highest BCUT2D eigenvalue weighted by molar-refractivity contribution is 6.16. The van der Waals surface area contributed by atoms with Crippen LogP contribution in [0, 0.1) is 6.92 Å². The smallest absolute Gasteiger partial charge is 0.294 e. The zero-order chi connectivity index (χ0) is 18.1. The molecule has 0 fully saturated rings. The molecule has 0 aliphatic carbocycles. The molecule has 1 amide bonds. The number of carbonyl (C=O) groups is 2. The number of benzene rings is 1. The van der Waals surface area contributed by atoms with Crippen molar-refractivity contribution in [3.05, 3.63) is 59.3 Å². The maximum atomic E-state index is 12.7. The predicted molar refractivity (Wildman–Crippen MR) is 91.6 cm³/mol.